The zero-order chi connectivity index (χ0) is 16.0. The lowest BCUT2D eigenvalue weighted by Crippen LogP contribution is -2.23. The molecule has 120 valence electrons. The second-order valence-corrected chi connectivity index (χ2v) is 5.58. The molecule has 5 nitrogen and oxygen atoms in total. The molecule has 0 saturated carbocycles. The summed E-state index contributed by atoms with van der Waals surface area (Å²) in [6, 6.07) is 9.76. The van der Waals surface area contributed by atoms with E-state index in [1.807, 2.05) is 30.3 Å². The van der Waals surface area contributed by atoms with Crippen LogP contribution in [0.5, 0.6) is 28.7 Å². The van der Waals surface area contributed by atoms with Crippen LogP contribution in [0.1, 0.15) is 23.1 Å². The van der Waals surface area contributed by atoms with Crippen molar-refractivity contribution in [3.8, 4) is 28.7 Å². The molecule has 0 aliphatic carbocycles. The van der Waals surface area contributed by atoms with E-state index in [4.69, 9.17) is 23.7 Å². The van der Waals surface area contributed by atoms with Gasteiger partial charge in [0.25, 0.3) is 0 Å². The van der Waals surface area contributed by atoms with Crippen LogP contribution in [-0.2, 0) is 0 Å². The van der Waals surface area contributed by atoms with Crippen LogP contribution in [0.25, 0.3) is 0 Å². The summed E-state index contributed by atoms with van der Waals surface area (Å²) in [6.45, 7) is 0.563. The number of hydrogen-bond donors (Lipinski definition) is 0. The molecule has 4 rings (SSSR count). The third-order valence-electron chi connectivity index (χ3n) is 4.49. The number of hydrogen-bond acceptors (Lipinski definition) is 5. The first-order valence-corrected chi connectivity index (χ1v) is 7.49. The van der Waals surface area contributed by atoms with Gasteiger partial charge >= 0.3 is 0 Å². The monoisotopic (exact) mass is 314 g/mol. The molecule has 2 heterocycles. The molecule has 0 N–H and O–H groups in total. The number of rotatable bonds is 3. The van der Waals surface area contributed by atoms with Gasteiger partial charge in [0.05, 0.1) is 33.9 Å². The van der Waals surface area contributed by atoms with Crippen molar-refractivity contribution in [2.45, 2.75) is 12.0 Å². The molecular weight excluding hydrogens is 296 g/mol. The van der Waals surface area contributed by atoms with Gasteiger partial charge in [-0.25, -0.2) is 0 Å². The second kappa shape index (κ2) is 5.26. The Hall–Kier alpha value is -2.56. The topological polar surface area (TPSA) is 46.2 Å². The first-order valence-electron chi connectivity index (χ1n) is 7.49. The highest BCUT2D eigenvalue weighted by Crippen LogP contribution is 2.56. The molecule has 2 aliphatic heterocycles. The molecule has 0 fully saturated rings. The summed E-state index contributed by atoms with van der Waals surface area (Å²) >= 11 is 0. The molecule has 2 atom stereocenters. The van der Waals surface area contributed by atoms with E-state index in [9.17, 15) is 0 Å². The third kappa shape index (κ3) is 2.00. The SMILES string of the molecule is COc1ccc2c(c1)OC[C@H]1c3ccc(OC)c(OC)c3O[C@@H]21. The van der Waals surface area contributed by atoms with Crippen LogP contribution < -0.4 is 23.7 Å². The van der Waals surface area contributed by atoms with Gasteiger partial charge in [-0.05, 0) is 18.2 Å². The minimum absolute atomic E-state index is 0.0827. The third-order valence-corrected chi connectivity index (χ3v) is 4.49. The smallest absolute Gasteiger partial charge is 0.203 e. The average molecular weight is 314 g/mol. The van der Waals surface area contributed by atoms with Crippen molar-refractivity contribution >= 4 is 0 Å². The van der Waals surface area contributed by atoms with Gasteiger partial charge in [0.15, 0.2) is 11.5 Å². The van der Waals surface area contributed by atoms with E-state index in [-0.39, 0.29) is 12.0 Å². The van der Waals surface area contributed by atoms with E-state index in [0.29, 0.717) is 18.1 Å². The summed E-state index contributed by atoms with van der Waals surface area (Å²) in [5.41, 5.74) is 2.12. The van der Waals surface area contributed by atoms with Gasteiger partial charge in [-0.1, -0.05) is 6.07 Å². The van der Waals surface area contributed by atoms with Gasteiger partial charge in [0.2, 0.25) is 5.75 Å². The predicted molar refractivity (Wildman–Crippen MR) is 84.1 cm³/mol. The normalized spacial score (nSPS) is 20.5. The fourth-order valence-corrected chi connectivity index (χ4v) is 3.34. The molecule has 2 aromatic rings. The molecule has 0 aromatic heterocycles. The Morgan fingerprint density at radius 2 is 1.78 bits per heavy atom. The van der Waals surface area contributed by atoms with Crippen molar-refractivity contribution in [3.63, 3.8) is 0 Å². The summed E-state index contributed by atoms with van der Waals surface area (Å²) in [6.07, 6.45) is -0.0827. The lowest BCUT2D eigenvalue weighted by molar-refractivity contribution is 0.136. The maximum absolute atomic E-state index is 6.25. The van der Waals surface area contributed by atoms with Gasteiger partial charge < -0.3 is 23.7 Å². The molecule has 0 spiro atoms. The highest BCUT2D eigenvalue weighted by atomic mass is 16.5. The molecule has 2 aromatic carbocycles. The minimum Gasteiger partial charge on any atom is -0.497 e. The molecule has 0 unspecified atom stereocenters. The van der Waals surface area contributed by atoms with E-state index >= 15 is 0 Å². The predicted octanol–water partition coefficient (Wildman–Crippen LogP) is 3.32. The Morgan fingerprint density at radius 3 is 2.52 bits per heavy atom. The molecule has 0 amide bonds. The second-order valence-electron chi connectivity index (χ2n) is 5.58. The van der Waals surface area contributed by atoms with Crippen molar-refractivity contribution in [1.29, 1.82) is 0 Å². The van der Waals surface area contributed by atoms with Crippen molar-refractivity contribution in [1.82, 2.24) is 0 Å². The van der Waals surface area contributed by atoms with Crippen molar-refractivity contribution < 1.29 is 23.7 Å². The first kappa shape index (κ1) is 14.1. The first-order chi connectivity index (χ1) is 11.3. The van der Waals surface area contributed by atoms with Crippen LogP contribution in [0.15, 0.2) is 30.3 Å². The quantitative estimate of drug-likeness (QED) is 0.869. The van der Waals surface area contributed by atoms with Crippen LogP contribution >= 0.6 is 0 Å². The standard InChI is InChI=1S/C18H18O5/c1-19-10-4-5-12-15(8-10)22-9-13-11-6-7-14(20-2)18(21-3)17(11)23-16(12)13/h4-8,13,16H,9H2,1-3H3/t13-,16-/m0/s1. The number of methoxy groups -OCH3 is 3. The zero-order valence-corrected chi connectivity index (χ0v) is 13.3. The van der Waals surface area contributed by atoms with Crippen LogP contribution in [0.4, 0.5) is 0 Å². The highest BCUT2D eigenvalue weighted by molar-refractivity contribution is 5.61. The largest absolute Gasteiger partial charge is 0.497 e. The maximum Gasteiger partial charge on any atom is 0.203 e. The summed E-state index contributed by atoms with van der Waals surface area (Å²) in [7, 11) is 4.89. The van der Waals surface area contributed by atoms with Crippen LogP contribution in [0, 0.1) is 0 Å². The number of ether oxygens (including phenoxy) is 5. The van der Waals surface area contributed by atoms with Crippen molar-refractivity contribution in [2.24, 2.45) is 0 Å². The molecule has 23 heavy (non-hydrogen) atoms. The lowest BCUT2D eigenvalue weighted by atomic mass is 9.89. The Bertz CT molecular complexity index is 755. The Kier molecular flexibility index (Phi) is 3.22. The summed E-state index contributed by atoms with van der Waals surface area (Å²) in [4.78, 5) is 0. The Labute approximate surface area is 134 Å². The van der Waals surface area contributed by atoms with Crippen molar-refractivity contribution in [2.75, 3.05) is 27.9 Å². The highest BCUT2D eigenvalue weighted by Gasteiger charge is 2.42. The van der Waals surface area contributed by atoms with Crippen LogP contribution in [-0.4, -0.2) is 27.9 Å². The summed E-state index contributed by atoms with van der Waals surface area (Å²) < 4.78 is 28.3. The molecule has 0 saturated heterocycles. The van der Waals surface area contributed by atoms with E-state index in [1.54, 1.807) is 21.3 Å². The molecule has 0 radical (unpaired) electrons. The number of fused-ring (bicyclic) bond motifs is 5. The molecule has 0 bridgehead atoms. The van der Waals surface area contributed by atoms with Gasteiger partial charge in [0.1, 0.15) is 17.6 Å². The molecule has 2 aliphatic rings. The van der Waals surface area contributed by atoms with Gasteiger partial charge in [-0.3, -0.25) is 0 Å². The Morgan fingerprint density at radius 1 is 0.957 bits per heavy atom. The van der Waals surface area contributed by atoms with E-state index in [0.717, 1.165) is 28.4 Å². The summed E-state index contributed by atoms with van der Waals surface area (Å²) in [5.74, 6) is 3.77. The van der Waals surface area contributed by atoms with E-state index in [1.165, 1.54) is 0 Å². The average Bonchev–Trinajstić information content (AvgIpc) is 2.99. The fourth-order valence-electron chi connectivity index (χ4n) is 3.34. The lowest BCUT2D eigenvalue weighted by Gasteiger charge is -2.28. The minimum atomic E-state index is -0.0827. The zero-order valence-electron chi connectivity index (χ0n) is 13.3. The molecule has 5 heteroatoms. The van der Waals surface area contributed by atoms with Gasteiger partial charge in [-0.15, -0.1) is 0 Å². The number of benzene rings is 2. The molecular formula is C18H18O5. The van der Waals surface area contributed by atoms with Gasteiger partial charge in [-0.2, -0.15) is 0 Å². The van der Waals surface area contributed by atoms with Crippen molar-refractivity contribution in [3.05, 3.63) is 41.5 Å². The van der Waals surface area contributed by atoms with Gasteiger partial charge in [0, 0.05) is 17.2 Å². The summed E-state index contributed by atoms with van der Waals surface area (Å²) in [5, 5.41) is 0. The van der Waals surface area contributed by atoms with E-state index < -0.39 is 0 Å². The van der Waals surface area contributed by atoms with E-state index in [2.05, 4.69) is 0 Å². The fraction of sp³-hybridized carbons (Fsp3) is 0.333. The van der Waals surface area contributed by atoms with Crippen LogP contribution in [0.2, 0.25) is 0 Å². The Balaban J connectivity index is 1.78. The van der Waals surface area contributed by atoms with Crippen LogP contribution in [0.3, 0.4) is 0 Å². The maximum atomic E-state index is 6.25.